The largest absolute Gasteiger partial charge is 0.293 e. The van der Waals surface area contributed by atoms with E-state index < -0.39 is 16.9 Å². The van der Waals surface area contributed by atoms with Gasteiger partial charge in [-0.25, -0.2) is 0 Å². The minimum Gasteiger partial charge on any atom is -0.293 e. The molecule has 0 aromatic heterocycles. The SMILES string of the molecule is CN1C[C@@H](c2ccc(Cl)cc2)C2(C(=O)c3ccccc3C2=O)[C@]12C(=O)c1cccc3cccc2c13. The Hall–Kier alpha value is -3.60. The van der Waals surface area contributed by atoms with E-state index in [2.05, 4.69) is 0 Å². The predicted octanol–water partition coefficient (Wildman–Crippen LogP) is 5.68. The van der Waals surface area contributed by atoms with E-state index in [9.17, 15) is 14.4 Å². The summed E-state index contributed by atoms with van der Waals surface area (Å²) in [5.41, 5.74) is -0.147. The number of hydrogen-bond donors (Lipinski definition) is 0. The number of likely N-dealkylation sites (tertiary alicyclic amines) is 1. The van der Waals surface area contributed by atoms with Crippen LogP contribution in [-0.4, -0.2) is 35.8 Å². The lowest BCUT2D eigenvalue weighted by atomic mass is 9.57. The van der Waals surface area contributed by atoms with E-state index in [4.69, 9.17) is 11.6 Å². The summed E-state index contributed by atoms with van der Waals surface area (Å²) in [5.74, 6) is -1.26. The number of hydrogen-bond acceptors (Lipinski definition) is 4. The van der Waals surface area contributed by atoms with E-state index in [-0.39, 0.29) is 17.3 Å². The van der Waals surface area contributed by atoms with Crippen molar-refractivity contribution in [2.75, 3.05) is 13.6 Å². The highest BCUT2D eigenvalue weighted by atomic mass is 35.5. The molecule has 0 saturated carbocycles. The maximum atomic E-state index is 14.6. The first-order valence-electron chi connectivity index (χ1n) is 11.7. The number of nitrogens with zero attached hydrogens (tertiary/aromatic N) is 1. The lowest BCUT2D eigenvalue weighted by Crippen LogP contribution is -2.59. The van der Waals surface area contributed by atoms with Crippen LogP contribution in [0.2, 0.25) is 5.02 Å². The second kappa shape index (κ2) is 6.75. The second-order valence-electron chi connectivity index (χ2n) is 9.75. The van der Waals surface area contributed by atoms with Gasteiger partial charge in [0.15, 0.2) is 17.3 Å². The molecular formula is C30H20ClNO3. The molecule has 1 heterocycles. The van der Waals surface area contributed by atoms with Crippen molar-refractivity contribution in [1.29, 1.82) is 0 Å². The maximum Gasteiger partial charge on any atom is 0.189 e. The van der Waals surface area contributed by atoms with Crippen molar-refractivity contribution in [1.82, 2.24) is 4.90 Å². The van der Waals surface area contributed by atoms with Gasteiger partial charge in [0, 0.05) is 34.2 Å². The molecule has 2 aliphatic carbocycles. The summed E-state index contributed by atoms with van der Waals surface area (Å²) in [5, 5.41) is 2.34. The van der Waals surface area contributed by atoms with Gasteiger partial charge >= 0.3 is 0 Å². The molecule has 0 N–H and O–H groups in total. The van der Waals surface area contributed by atoms with Crippen LogP contribution in [-0.2, 0) is 5.54 Å². The molecule has 2 atom stereocenters. The van der Waals surface area contributed by atoms with Crippen LogP contribution in [0.25, 0.3) is 10.8 Å². The van der Waals surface area contributed by atoms with Crippen molar-refractivity contribution in [3.05, 3.63) is 118 Å². The zero-order valence-electron chi connectivity index (χ0n) is 18.9. The second-order valence-corrected chi connectivity index (χ2v) is 10.2. The first-order valence-corrected chi connectivity index (χ1v) is 12.0. The van der Waals surface area contributed by atoms with Gasteiger partial charge in [-0.3, -0.25) is 19.3 Å². The van der Waals surface area contributed by atoms with Crippen LogP contribution in [0.4, 0.5) is 0 Å². The number of benzene rings is 4. The molecular weight excluding hydrogens is 458 g/mol. The molecule has 0 bridgehead atoms. The van der Waals surface area contributed by atoms with Crippen molar-refractivity contribution in [2.45, 2.75) is 11.5 Å². The Morgan fingerprint density at radius 1 is 0.743 bits per heavy atom. The van der Waals surface area contributed by atoms with Crippen molar-refractivity contribution < 1.29 is 14.4 Å². The Labute approximate surface area is 207 Å². The smallest absolute Gasteiger partial charge is 0.189 e. The van der Waals surface area contributed by atoms with E-state index in [0.717, 1.165) is 21.9 Å². The normalized spacial score (nSPS) is 24.3. The first-order chi connectivity index (χ1) is 16.9. The fraction of sp³-hybridized carbons (Fsp3) is 0.167. The van der Waals surface area contributed by atoms with E-state index in [1.165, 1.54) is 0 Å². The fourth-order valence-electron chi connectivity index (χ4n) is 7.12. The van der Waals surface area contributed by atoms with Crippen LogP contribution in [0.5, 0.6) is 0 Å². The van der Waals surface area contributed by atoms with E-state index >= 15 is 0 Å². The molecule has 1 saturated heterocycles. The summed E-state index contributed by atoms with van der Waals surface area (Å²) in [4.78, 5) is 45.7. The summed E-state index contributed by atoms with van der Waals surface area (Å²) >= 11 is 6.19. The van der Waals surface area contributed by atoms with Gasteiger partial charge in [0.2, 0.25) is 0 Å². The minimum atomic E-state index is -1.62. The summed E-state index contributed by atoms with van der Waals surface area (Å²) in [6, 6.07) is 25.7. The molecule has 1 fully saturated rings. The Kier molecular flexibility index (Phi) is 4.00. The molecule has 5 heteroatoms. The van der Waals surface area contributed by atoms with E-state index in [0.29, 0.717) is 28.3 Å². The van der Waals surface area contributed by atoms with Gasteiger partial charge in [0.1, 0.15) is 11.0 Å². The molecule has 1 aliphatic heterocycles. The monoisotopic (exact) mass is 477 g/mol. The molecule has 2 spiro atoms. The standard InChI is InChI=1S/C30H20ClNO3/c1-32-16-24(17-12-14-19(31)15-13-17)29(26(33)20-8-2-3-9-21(20)27(29)34)30(32)23-11-5-7-18-6-4-10-22(25(18)23)28(30)35/h2-15,24H,16H2,1H3/t24-,30-/m0/s1. The van der Waals surface area contributed by atoms with Crippen molar-refractivity contribution in [2.24, 2.45) is 5.41 Å². The Bertz CT molecular complexity index is 1580. The Balaban J connectivity index is 1.62. The highest BCUT2D eigenvalue weighted by Crippen LogP contribution is 2.67. The van der Waals surface area contributed by atoms with E-state index in [1.807, 2.05) is 60.5 Å². The van der Waals surface area contributed by atoms with Crippen molar-refractivity contribution >= 4 is 39.7 Å². The highest BCUT2D eigenvalue weighted by molar-refractivity contribution is 6.36. The predicted molar refractivity (Wildman–Crippen MR) is 134 cm³/mol. The first kappa shape index (κ1) is 20.7. The van der Waals surface area contributed by atoms with Gasteiger partial charge in [-0.2, -0.15) is 0 Å². The number of Topliss-reactive ketones (excluding diaryl/α,β-unsaturated/α-hetero) is 3. The molecule has 3 aliphatic rings. The molecule has 0 radical (unpaired) electrons. The van der Waals surface area contributed by atoms with Crippen LogP contribution in [0.15, 0.2) is 84.9 Å². The van der Waals surface area contributed by atoms with E-state index in [1.54, 1.807) is 36.4 Å². The highest BCUT2D eigenvalue weighted by Gasteiger charge is 2.78. The number of carbonyl (C=O) groups excluding carboxylic acids is 3. The number of carbonyl (C=O) groups is 3. The summed E-state index contributed by atoms with van der Waals surface area (Å²) < 4.78 is 0. The molecule has 170 valence electrons. The van der Waals surface area contributed by atoms with Gasteiger partial charge in [0.25, 0.3) is 0 Å². The van der Waals surface area contributed by atoms with Crippen LogP contribution in [0.1, 0.15) is 48.1 Å². The van der Waals surface area contributed by atoms with Crippen LogP contribution in [0, 0.1) is 5.41 Å². The van der Waals surface area contributed by atoms with Crippen LogP contribution >= 0.6 is 11.6 Å². The zero-order valence-corrected chi connectivity index (χ0v) is 19.7. The quantitative estimate of drug-likeness (QED) is 0.331. The Morgan fingerprint density at radius 3 is 2.00 bits per heavy atom. The molecule has 7 rings (SSSR count). The number of rotatable bonds is 1. The average Bonchev–Trinajstić information content (AvgIpc) is 3.40. The van der Waals surface area contributed by atoms with Gasteiger partial charge in [-0.05, 0) is 41.1 Å². The van der Waals surface area contributed by atoms with Crippen molar-refractivity contribution in [3.8, 4) is 0 Å². The molecule has 0 unspecified atom stereocenters. The van der Waals surface area contributed by atoms with Crippen LogP contribution in [0.3, 0.4) is 0 Å². The molecule has 4 nitrogen and oxygen atoms in total. The third-order valence-electron chi connectivity index (χ3n) is 8.40. The lowest BCUT2D eigenvalue weighted by Gasteiger charge is -2.43. The molecule has 4 aromatic carbocycles. The number of likely N-dealkylation sites (N-methyl/N-ethyl adjacent to an activating group) is 1. The third-order valence-corrected chi connectivity index (χ3v) is 8.65. The molecule has 0 amide bonds. The lowest BCUT2D eigenvalue weighted by molar-refractivity contribution is 0.0320. The van der Waals surface area contributed by atoms with Gasteiger partial charge in [-0.15, -0.1) is 0 Å². The number of ketones is 3. The fourth-order valence-corrected chi connectivity index (χ4v) is 7.25. The summed E-state index contributed by atoms with van der Waals surface area (Å²) in [6.45, 7) is 0.378. The average molecular weight is 478 g/mol. The minimum absolute atomic E-state index is 0.183. The topological polar surface area (TPSA) is 54.5 Å². The summed E-state index contributed by atoms with van der Waals surface area (Å²) in [7, 11) is 1.86. The van der Waals surface area contributed by atoms with Gasteiger partial charge in [-0.1, -0.05) is 84.4 Å². The Morgan fingerprint density at radius 2 is 1.34 bits per heavy atom. The third kappa shape index (κ3) is 2.17. The molecule has 35 heavy (non-hydrogen) atoms. The van der Waals surface area contributed by atoms with Gasteiger partial charge < -0.3 is 0 Å². The number of fused-ring (bicyclic) bond motifs is 3. The van der Waals surface area contributed by atoms with Crippen LogP contribution < -0.4 is 0 Å². The molecule has 4 aromatic rings. The zero-order chi connectivity index (χ0) is 24.1. The van der Waals surface area contributed by atoms with Crippen molar-refractivity contribution in [3.63, 3.8) is 0 Å². The maximum absolute atomic E-state index is 14.6. The number of halogens is 1. The summed E-state index contributed by atoms with van der Waals surface area (Å²) in [6.07, 6.45) is 0. The van der Waals surface area contributed by atoms with Gasteiger partial charge in [0.05, 0.1) is 0 Å².